The number of nitrogens with zero attached hydrogens (tertiary/aromatic N) is 3. The van der Waals surface area contributed by atoms with Gasteiger partial charge in [-0.1, -0.05) is 6.07 Å². The second kappa shape index (κ2) is 6.42. The van der Waals surface area contributed by atoms with Gasteiger partial charge in [0, 0.05) is 22.9 Å². The third-order valence-corrected chi connectivity index (χ3v) is 6.05. The Morgan fingerprint density at radius 1 is 1.28 bits per heavy atom. The molecule has 1 N–H and O–H groups in total. The number of para-hydroxylation sites is 1. The molecule has 1 aliphatic rings. The van der Waals surface area contributed by atoms with Crippen LogP contribution < -0.4 is 5.69 Å². The first kappa shape index (κ1) is 16.5. The summed E-state index contributed by atoms with van der Waals surface area (Å²) in [5, 5.41) is 3.19. The Labute approximate surface area is 151 Å². The average Bonchev–Trinajstić information content (AvgIpc) is 3.18. The van der Waals surface area contributed by atoms with E-state index >= 15 is 0 Å². The lowest BCUT2D eigenvalue weighted by Gasteiger charge is -2.27. The van der Waals surface area contributed by atoms with Crippen molar-refractivity contribution in [3.05, 3.63) is 39.8 Å². The van der Waals surface area contributed by atoms with Gasteiger partial charge in [0.15, 0.2) is 0 Å². The Bertz CT molecular complexity index is 944. The van der Waals surface area contributed by atoms with Gasteiger partial charge in [-0.3, -0.25) is 4.57 Å². The normalized spacial score (nSPS) is 17.0. The van der Waals surface area contributed by atoms with Gasteiger partial charge < -0.3 is 9.88 Å². The first-order valence-corrected chi connectivity index (χ1v) is 9.80. The molecule has 0 bridgehead atoms. The number of likely N-dealkylation sites (tertiary alicyclic amines) is 1. The molecular weight excluding hydrogens is 332 g/mol. The predicted octanol–water partition coefficient (Wildman–Crippen LogP) is 3.84. The maximum absolute atomic E-state index is 12.3. The van der Waals surface area contributed by atoms with Crippen LogP contribution in [0.25, 0.3) is 21.6 Å². The summed E-state index contributed by atoms with van der Waals surface area (Å²) in [5.74, 6) is 0.555. The maximum atomic E-state index is 12.3. The van der Waals surface area contributed by atoms with E-state index < -0.39 is 0 Å². The molecule has 1 aromatic carbocycles. The quantitative estimate of drug-likeness (QED) is 0.776. The van der Waals surface area contributed by atoms with Crippen LogP contribution in [0.2, 0.25) is 0 Å². The number of H-pyrrole nitrogens is 1. The number of hydrogen-bond donors (Lipinski definition) is 1. The summed E-state index contributed by atoms with van der Waals surface area (Å²) in [6.07, 6.45) is 2.34. The number of fused-ring (bicyclic) bond motifs is 1. The largest absolute Gasteiger partial charge is 0.326 e. The Hall–Kier alpha value is -1.92. The van der Waals surface area contributed by atoms with Crippen LogP contribution in [0.5, 0.6) is 0 Å². The number of aromatic nitrogens is 3. The highest BCUT2D eigenvalue weighted by molar-refractivity contribution is 7.13. The minimum absolute atomic E-state index is 0.0513. The van der Waals surface area contributed by atoms with Gasteiger partial charge in [-0.25, -0.2) is 9.78 Å². The molecule has 1 fully saturated rings. The Balaban J connectivity index is 1.73. The van der Waals surface area contributed by atoms with Crippen molar-refractivity contribution in [3.8, 4) is 10.6 Å². The van der Waals surface area contributed by atoms with E-state index in [2.05, 4.69) is 28.4 Å². The Kier molecular flexibility index (Phi) is 4.25. The smallest absolute Gasteiger partial charge is 0.306 e. The summed E-state index contributed by atoms with van der Waals surface area (Å²) in [5.41, 5.74) is 4.03. The molecule has 5 nitrogen and oxygen atoms in total. The molecule has 0 saturated carbocycles. The van der Waals surface area contributed by atoms with Gasteiger partial charge in [-0.2, -0.15) is 0 Å². The lowest BCUT2D eigenvalue weighted by Crippen LogP contribution is -2.29. The highest BCUT2D eigenvalue weighted by Gasteiger charge is 2.22. The molecule has 3 heterocycles. The second-order valence-electron chi connectivity index (χ2n) is 7.25. The van der Waals surface area contributed by atoms with E-state index in [1.807, 2.05) is 30.5 Å². The third kappa shape index (κ3) is 2.93. The van der Waals surface area contributed by atoms with Crippen LogP contribution in [0.15, 0.2) is 28.4 Å². The van der Waals surface area contributed by atoms with Gasteiger partial charge >= 0.3 is 5.69 Å². The molecule has 25 heavy (non-hydrogen) atoms. The van der Waals surface area contributed by atoms with E-state index in [9.17, 15) is 4.79 Å². The second-order valence-corrected chi connectivity index (χ2v) is 8.11. The van der Waals surface area contributed by atoms with Crippen molar-refractivity contribution in [2.75, 3.05) is 20.1 Å². The van der Waals surface area contributed by atoms with E-state index in [1.54, 1.807) is 11.3 Å². The number of piperidine rings is 1. The molecule has 4 rings (SSSR count). The molecule has 0 aliphatic carbocycles. The molecule has 0 spiro atoms. The molecule has 0 unspecified atom stereocenters. The van der Waals surface area contributed by atoms with Crippen molar-refractivity contribution < 1.29 is 0 Å². The van der Waals surface area contributed by atoms with Gasteiger partial charge in [0.25, 0.3) is 0 Å². The molecule has 2 aromatic heterocycles. The van der Waals surface area contributed by atoms with Crippen molar-refractivity contribution in [2.45, 2.75) is 38.6 Å². The fraction of sp³-hybridized carbons (Fsp3) is 0.474. The summed E-state index contributed by atoms with van der Waals surface area (Å²) in [4.78, 5) is 22.7. The number of benzene rings is 1. The van der Waals surface area contributed by atoms with Crippen molar-refractivity contribution in [1.82, 2.24) is 19.4 Å². The number of thiazole rings is 1. The van der Waals surface area contributed by atoms with E-state index in [0.717, 1.165) is 34.7 Å². The zero-order valence-corrected chi connectivity index (χ0v) is 15.8. The van der Waals surface area contributed by atoms with Crippen molar-refractivity contribution >= 4 is 22.4 Å². The molecular formula is C19H24N4OS. The SMILES string of the molecule is CC(C)n1c(=O)[nH]c2c(-c3nc(C4CCN(C)CC4)cs3)cccc21. The molecule has 3 aromatic rings. The van der Waals surface area contributed by atoms with Gasteiger partial charge in [-0.15, -0.1) is 11.3 Å². The zero-order chi connectivity index (χ0) is 17.6. The van der Waals surface area contributed by atoms with Gasteiger partial charge in [0.05, 0.1) is 16.7 Å². The van der Waals surface area contributed by atoms with E-state index in [1.165, 1.54) is 18.5 Å². The highest BCUT2D eigenvalue weighted by Crippen LogP contribution is 2.34. The maximum Gasteiger partial charge on any atom is 0.326 e. The average molecular weight is 356 g/mol. The Morgan fingerprint density at radius 2 is 2.04 bits per heavy atom. The summed E-state index contributed by atoms with van der Waals surface area (Å²) < 4.78 is 1.81. The molecule has 6 heteroatoms. The minimum atomic E-state index is -0.0513. The zero-order valence-electron chi connectivity index (χ0n) is 15.0. The van der Waals surface area contributed by atoms with Crippen LogP contribution in [0.3, 0.4) is 0 Å². The molecule has 0 atom stereocenters. The number of nitrogens with one attached hydrogen (secondary N) is 1. The summed E-state index contributed by atoms with van der Waals surface area (Å²) in [7, 11) is 2.18. The molecule has 0 radical (unpaired) electrons. The lowest BCUT2D eigenvalue weighted by atomic mass is 9.94. The molecule has 1 saturated heterocycles. The first-order chi connectivity index (χ1) is 12.0. The van der Waals surface area contributed by atoms with Crippen LogP contribution in [0.1, 0.15) is 44.3 Å². The summed E-state index contributed by atoms with van der Waals surface area (Å²) in [6.45, 7) is 6.33. The topological polar surface area (TPSA) is 53.9 Å². The monoisotopic (exact) mass is 356 g/mol. The van der Waals surface area contributed by atoms with Crippen molar-refractivity contribution in [3.63, 3.8) is 0 Å². The Morgan fingerprint density at radius 3 is 2.76 bits per heavy atom. The predicted molar refractivity (Wildman–Crippen MR) is 104 cm³/mol. The van der Waals surface area contributed by atoms with Crippen LogP contribution >= 0.6 is 11.3 Å². The highest BCUT2D eigenvalue weighted by atomic mass is 32.1. The molecule has 132 valence electrons. The van der Waals surface area contributed by atoms with Crippen LogP contribution in [-0.2, 0) is 0 Å². The fourth-order valence-corrected chi connectivity index (χ4v) is 4.67. The van der Waals surface area contributed by atoms with Crippen LogP contribution in [-0.4, -0.2) is 39.6 Å². The van der Waals surface area contributed by atoms with Crippen molar-refractivity contribution in [2.24, 2.45) is 0 Å². The lowest BCUT2D eigenvalue weighted by molar-refractivity contribution is 0.254. The van der Waals surface area contributed by atoms with Gasteiger partial charge in [-0.05, 0) is 59.0 Å². The number of rotatable bonds is 3. The number of hydrogen-bond acceptors (Lipinski definition) is 4. The fourth-order valence-electron chi connectivity index (χ4n) is 3.74. The molecule has 0 amide bonds. The standard InChI is InChI=1S/C19H24N4OS/c1-12(2)23-16-6-4-5-14(17(16)21-19(23)24)18-20-15(11-25-18)13-7-9-22(3)10-8-13/h4-6,11-13H,7-10H2,1-3H3,(H,21,24). The van der Waals surface area contributed by atoms with E-state index in [-0.39, 0.29) is 11.7 Å². The summed E-state index contributed by atoms with van der Waals surface area (Å²) >= 11 is 1.68. The third-order valence-electron chi connectivity index (χ3n) is 5.16. The van der Waals surface area contributed by atoms with Crippen LogP contribution in [0, 0.1) is 0 Å². The van der Waals surface area contributed by atoms with E-state index in [0.29, 0.717) is 5.92 Å². The first-order valence-electron chi connectivity index (χ1n) is 8.92. The van der Waals surface area contributed by atoms with Crippen molar-refractivity contribution in [1.29, 1.82) is 0 Å². The van der Waals surface area contributed by atoms with Gasteiger partial charge in [0.1, 0.15) is 5.01 Å². The van der Waals surface area contributed by atoms with Gasteiger partial charge in [0.2, 0.25) is 0 Å². The number of imidazole rings is 1. The van der Waals surface area contributed by atoms with Crippen LogP contribution in [0.4, 0.5) is 0 Å². The molecule has 1 aliphatic heterocycles. The minimum Gasteiger partial charge on any atom is -0.306 e. The van der Waals surface area contributed by atoms with E-state index in [4.69, 9.17) is 4.98 Å². The summed E-state index contributed by atoms with van der Waals surface area (Å²) in [6, 6.07) is 6.20. The number of aromatic amines is 1.